The monoisotopic (exact) mass is 420 g/mol. The van der Waals surface area contributed by atoms with Gasteiger partial charge in [0.05, 0.1) is 0 Å². The summed E-state index contributed by atoms with van der Waals surface area (Å²) in [6.07, 6.45) is 0. The lowest BCUT2D eigenvalue weighted by atomic mass is 10.3. The standard InChI is InChI=1S/C10H8N6O7S3/c11-9-13-3(1-24-9)5(15-19)7(17)22-26(21)23-8(18)6(16-20)4-2-25-10(12)14-4/h1-2,19-20H,(H2,11,13)(H2,12,14)/b15-5-,16-6+. The number of carbonyl (C=O) groups is 2. The van der Waals surface area contributed by atoms with Crippen molar-refractivity contribution in [1.29, 1.82) is 0 Å². The van der Waals surface area contributed by atoms with Gasteiger partial charge in [-0.1, -0.05) is 10.3 Å². The number of thiazole rings is 2. The van der Waals surface area contributed by atoms with Crippen molar-refractivity contribution in [2.45, 2.75) is 0 Å². The average Bonchev–Trinajstić information content (AvgIpc) is 3.17. The van der Waals surface area contributed by atoms with E-state index in [-0.39, 0.29) is 21.7 Å². The van der Waals surface area contributed by atoms with Crippen molar-refractivity contribution in [3.8, 4) is 0 Å². The van der Waals surface area contributed by atoms with Gasteiger partial charge in [-0.3, -0.25) is 0 Å². The highest BCUT2D eigenvalue weighted by atomic mass is 32.2. The van der Waals surface area contributed by atoms with Crippen LogP contribution in [-0.4, -0.2) is 48.0 Å². The molecule has 2 aromatic heterocycles. The number of nitrogens with two attached hydrogens (primary N) is 2. The molecule has 0 fully saturated rings. The van der Waals surface area contributed by atoms with E-state index in [0.29, 0.717) is 0 Å². The van der Waals surface area contributed by atoms with Gasteiger partial charge in [0.25, 0.3) is 0 Å². The number of rotatable bonds is 6. The molecule has 26 heavy (non-hydrogen) atoms. The number of aromatic nitrogens is 2. The molecule has 6 N–H and O–H groups in total. The molecule has 1 unspecified atom stereocenters. The van der Waals surface area contributed by atoms with Crippen molar-refractivity contribution in [3.05, 3.63) is 22.1 Å². The third kappa shape index (κ3) is 4.49. The van der Waals surface area contributed by atoms with Gasteiger partial charge in [0.2, 0.25) is 11.4 Å². The van der Waals surface area contributed by atoms with Crippen LogP contribution in [0.2, 0.25) is 0 Å². The summed E-state index contributed by atoms with van der Waals surface area (Å²) in [5, 5.41) is 25.8. The molecule has 13 nitrogen and oxygen atoms in total. The normalized spacial score (nSPS) is 13.2. The highest BCUT2D eigenvalue weighted by Gasteiger charge is 2.27. The van der Waals surface area contributed by atoms with Crippen LogP contribution in [-0.2, 0) is 29.3 Å². The van der Waals surface area contributed by atoms with Gasteiger partial charge in [0.1, 0.15) is 11.4 Å². The van der Waals surface area contributed by atoms with E-state index >= 15 is 0 Å². The van der Waals surface area contributed by atoms with Crippen LogP contribution in [0.15, 0.2) is 21.1 Å². The van der Waals surface area contributed by atoms with Crippen LogP contribution in [0.1, 0.15) is 11.4 Å². The molecule has 0 saturated carbocycles. The molecule has 16 heteroatoms. The first-order valence-electron chi connectivity index (χ1n) is 6.09. The zero-order valence-electron chi connectivity index (χ0n) is 12.3. The Kier molecular flexibility index (Phi) is 6.15. The topological polar surface area (TPSA) is 213 Å². The maximum absolute atomic E-state index is 11.8. The van der Waals surface area contributed by atoms with Crippen LogP contribution in [0.4, 0.5) is 10.3 Å². The minimum absolute atomic E-state index is 0.0767. The Morgan fingerprint density at radius 1 is 0.962 bits per heavy atom. The Bertz CT molecular complexity index is 848. The smallest absolute Gasteiger partial charge is 0.410 e. The molecular weight excluding hydrogens is 412 g/mol. The number of anilines is 2. The number of hydrogen-bond donors (Lipinski definition) is 4. The highest BCUT2D eigenvalue weighted by Crippen LogP contribution is 2.14. The molecule has 0 amide bonds. The second-order valence-electron chi connectivity index (χ2n) is 3.98. The maximum atomic E-state index is 11.8. The van der Waals surface area contributed by atoms with E-state index in [2.05, 4.69) is 28.6 Å². The van der Waals surface area contributed by atoms with Crippen molar-refractivity contribution in [2.24, 2.45) is 10.3 Å². The van der Waals surface area contributed by atoms with Crippen LogP contribution in [0.25, 0.3) is 0 Å². The second kappa shape index (κ2) is 8.32. The number of nitrogens with zero attached hydrogens (tertiary/aromatic N) is 4. The van der Waals surface area contributed by atoms with Crippen molar-refractivity contribution < 1.29 is 32.6 Å². The summed E-state index contributed by atoms with van der Waals surface area (Å²) in [7, 11) is 0. The number of nitrogen functional groups attached to an aromatic ring is 2. The van der Waals surface area contributed by atoms with E-state index < -0.39 is 34.7 Å². The Morgan fingerprint density at radius 3 is 1.62 bits per heavy atom. The molecule has 0 aliphatic rings. The van der Waals surface area contributed by atoms with E-state index in [0.717, 1.165) is 22.7 Å². The molecule has 0 radical (unpaired) electrons. The van der Waals surface area contributed by atoms with Gasteiger partial charge in [0.15, 0.2) is 10.3 Å². The fraction of sp³-hybridized carbons (Fsp3) is 0. The molecule has 138 valence electrons. The minimum atomic E-state index is -2.95. The van der Waals surface area contributed by atoms with Gasteiger partial charge in [0, 0.05) is 10.8 Å². The lowest BCUT2D eigenvalue weighted by Crippen LogP contribution is -2.25. The first-order chi connectivity index (χ1) is 12.3. The van der Waals surface area contributed by atoms with E-state index in [9.17, 15) is 13.8 Å². The van der Waals surface area contributed by atoms with Gasteiger partial charge in [-0.2, -0.15) is 4.21 Å². The molecule has 0 aliphatic carbocycles. The Balaban J connectivity index is 2.03. The summed E-state index contributed by atoms with van der Waals surface area (Å²) >= 11 is -1.06. The fourth-order valence-electron chi connectivity index (χ4n) is 1.41. The molecule has 0 bridgehead atoms. The maximum Gasteiger partial charge on any atom is 0.423 e. The molecule has 1 atom stereocenters. The zero-order chi connectivity index (χ0) is 19.3. The van der Waals surface area contributed by atoms with Crippen molar-refractivity contribution in [2.75, 3.05) is 11.5 Å². The first kappa shape index (κ1) is 19.2. The lowest BCUT2D eigenvalue weighted by molar-refractivity contribution is -0.129. The van der Waals surface area contributed by atoms with Crippen LogP contribution in [0, 0.1) is 0 Å². The Morgan fingerprint density at radius 2 is 1.35 bits per heavy atom. The Labute approximate surface area is 154 Å². The van der Waals surface area contributed by atoms with Crippen LogP contribution in [0.5, 0.6) is 0 Å². The highest BCUT2D eigenvalue weighted by molar-refractivity contribution is 7.76. The first-order valence-corrected chi connectivity index (χ1v) is 8.85. The van der Waals surface area contributed by atoms with E-state index in [1.165, 1.54) is 10.8 Å². The summed E-state index contributed by atoms with van der Waals surface area (Å²) < 4.78 is 20.3. The number of carbonyl (C=O) groups excluding carboxylic acids is 2. The second-order valence-corrected chi connectivity index (χ2v) is 6.51. The molecular formula is C10H8N6O7S3. The molecule has 2 rings (SSSR count). The largest absolute Gasteiger partial charge is 0.423 e. The molecule has 0 saturated heterocycles. The number of oxime groups is 2. The average molecular weight is 420 g/mol. The van der Waals surface area contributed by atoms with E-state index in [1.807, 2.05) is 0 Å². The van der Waals surface area contributed by atoms with Crippen molar-refractivity contribution in [1.82, 2.24) is 9.97 Å². The molecule has 2 heterocycles. The lowest BCUT2D eigenvalue weighted by Gasteiger charge is -2.04. The molecule has 0 aromatic carbocycles. The molecule has 0 spiro atoms. The minimum Gasteiger partial charge on any atom is -0.410 e. The summed E-state index contributed by atoms with van der Waals surface area (Å²) in [5.74, 6) is -2.83. The third-order valence-electron chi connectivity index (χ3n) is 2.40. The van der Waals surface area contributed by atoms with Crippen LogP contribution < -0.4 is 11.5 Å². The van der Waals surface area contributed by atoms with E-state index in [1.54, 1.807) is 0 Å². The SMILES string of the molecule is Nc1nc(/C(=N/O)C(=O)OS(=O)OC(=O)/C(=N/O)c2csc(N)n2)cs1. The van der Waals surface area contributed by atoms with Crippen molar-refractivity contribution in [3.63, 3.8) is 0 Å². The zero-order valence-corrected chi connectivity index (χ0v) is 14.7. The number of hydrogen-bond acceptors (Lipinski definition) is 15. The third-order valence-corrected chi connectivity index (χ3v) is 4.33. The Hall–Kier alpha value is -3.11. The summed E-state index contributed by atoms with van der Waals surface area (Å²) in [6.45, 7) is 0. The van der Waals surface area contributed by atoms with Gasteiger partial charge in [-0.15, -0.1) is 22.7 Å². The van der Waals surface area contributed by atoms with Gasteiger partial charge >= 0.3 is 23.3 Å². The van der Waals surface area contributed by atoms with Gasteiger partial charge in [-0.25, -0.2) is 19.6 Å². The van der Waals surface area contributed by atoms with Crippen LogP contribution >= 0.6 is 22.7 Å². The van der Waals surface area contributed by atoms with E-state index in [4.69, 9.17) is 21.9 Å². The van der Waals surface area contributed by atoms with Crippen LogP contribution in [0.3, 0.4) is 0 Å². The van der Waals surface area contributed by atoms with Crippen molar-refractivity contribution >= 4 is 67.7 Å². The van der Waals surface area contributed by atoms with Gasteiger partial charge in [-0.05, 0) is 0 Å². The quantitative estimate of drug-likeness (QED) is 0.265. The molecule has 2 aromatic rings. The molecule has 0 aliphatic heterocycles. The van der Waals surface area contributed by atoms with Gasteiger partial charge < -0.3 is 30.2 Å². The predicted molar refractivity (Wildman–Crippen MR) is 90.0 cm³/mol. The fourth-order valence-corrected chi connectivity index (χ4v) is 2.94. The summed E-state index contributed by atoms with van der Waals surface area (Å²) in [5.41, 5.74) is 9.05. The summed E-state index contributed by atoms with van der Waals surface area (Å²) in [6, 6.07) is 0. The summed E-state index contributed by atoms with van der Waals surface area (Å²) in [4.78, 5) is 31.0. The predicted octanol–water partition coefficient (Wildman–Crippen LogP) is -0.514.